The van der Waals surface area contributed by atoms with Crippen molar-refractivity contribution in [2.24, 2.45) is 0 Å². The van der Waals surface area contributed by atoms with Crippen molar-refractivity contribution in [3.63, 3.8) is 0 Å². The highest BCUT2D eigenvalue weighted by Gasteiger charge is 2.37. The second kappa shape index (κ2) is 9.53. The van der Waals surface area contributed by atoms with Crippen LogP contribution in [0.3, 0.4) is 0 Å². The number of nitrogens with one attached hydrogen (secondary N) is 1. The van der Waals surface area contributed by atoms with E-state index in [0.717, 1.165) is 44.9 Å². The van der Waals surface area contributed by atoms with Gasteiger partial charge in [0.05, 0.1) is 4.90 Å². The number of carboxylic acid groups (broad SMARTS) is 1. The molecule has 1 aromatic rings. The van der Waals surface area contributed by atoms with Gasteiger partial charge in [-0.2, -0.15) is 0 Å². The maximum atomic E-state index is 12.7. The summed E-state index contributed by atoms with van der Waals surface area (Å²) >= 11 is 5.84. The van der Waals surface area contributed by atoms with E-state index in [1.165, 1.54) is 12.1 Å². The molecule has 1 fully saturated rings. The lowest BCUT2D eigenvalue weighted by molar-refractivity contribution is -0.137. The number of rotatable bonds is 10. The topological polar surface area (TPSA) is 83.5 Å². The van der Waals surface area contributed by atoms with Gasteiger partial charge in [0.2, 0.25) is 10.0 Å². The lowest BCUT2D eigenvalue weighted by atomic mass is 9.93. The predicted molar refractivity (Wildman–Crippen MR) is 103 cm³/mol. The largest absolute Gasteiger partial charge is 0.481 e. The summed E-state index contributed by atoms with van der Waals surface area (Å²) in [5.74, 6) is -0.778. The van der Waals surface area contributed by atoms with Crippen molar-refractivity contribution in [2.75, 3.05) is 0 Å². The Morgan fingerprint density at radius 3 is 2.38 bits per heavy atom. The normalized spacial score (nSPS) is 17.0. The van der Waals surface area contributed by atoms with Crippen LogP contribution in [0.15, 0.2) is 41.3 Å². The van der Waals surface area contributed by atoms with Crippen LogP contribution in [0.1, 0.15) is 57.8 Å². The summed E-state index contributed by atoms with van der Waals surface area (Å²) in [5, 5.41) is 9.12. The number of benzene rings is 1. The minimum absolute atomic E-state index is 0.176. The Balaban J connectivity index is 1.93. The molecule has 0 unspecified atom stereocenters. The molecule has 0 bridgehead atoms. The van der Waals surface area contributed by atoms with Crippen molar-refractivity contribution in [3.8, 4) is 0 Å². The molecule has 144 valence electrons. The third-order valence-electron chi connectivity index (χ3n) is 4.75. The van der Waals surface area contributed by atoms with Crippen molar-refractivity contribution < 1.29 is 18.3 Å². The smallest absolute Gasteiger partial charge is 0.303 e. The van der Waals surface area contributed by atoms with E-state index in [0.29, 0.717) is 11.4 Å². The van der Waals surface area contributed by atoms with Crippen LogP contribution in [-0.2, 0) is 14.8 Å². The molecule has 0 saturated heterocycles. The summed E-state index contributed by atoms with van der Waals surface area (Å²) in [6.45, 7) is 0. The van der Waals surface area contributed by atoms with Gasteiger partial charge in [-0.1, -0.05) is 36.6 Å². The fourth-order valence-corrected chi connectivity index (χ4v) is 4.99. The van der Waals surface area contributed by atoms with E-state index in [4.69, 9.17) is 16.7 Å². The number of sulfonamides is 1. The Morgan fingerprint density at radius 2 is 1.77 bits per heavy atom. The maximum absolute atomic E-state index is 12.7. The van der Waals surface area contributed by atoms with Crippen molar-refractivity contribution in [1.29, 1.82) is 0 Å². The lowest BCUT2D eigenvalue weighted by Crippen LogP contribution is -2.46. The van der Waals surface area contributed by atoms with Crippen LogP contribution >= 0.6 is 11.6 Å². The van der Waals surface area contributed by atoms with Crippen LogP contribution < -0.4 is 4.72 Å². The standard InChI is InChI=1S/C19H26ClNO4S/c20-16-9-11-17(12-10-16)26(24,25)21-19(14-6-7-15-19)13-5-3-1-2-4-8-18(22)23/h1,3,9-12,21H,2,4-8,13-15H2,(H,22,23)/b3-1-. The average Bonchev–Trinajstić information content (AvgIpc) is 3.02. The van der Waals surface area contributed by atoms with E-state index in [9.17, 15) is 13.2 Å². The zero-order chi connectivity index (χ0) is 19.0. The van der Waals surface area contributed by atoms with Gasteiger partial charge in [0.25, 0.3) is 0 Å². The van der Waals surface area contributed by atoms with Gasteiger partial charge in [0, 0.05) is 17.0 Å². The zero-order valence-corrected chi connectivity index (χ0v) is 16.4. The van der Waals surface area contributed by atoms with Crippen LogP contribution in [0.2, 0.25) is 5.02 Å². The Kier molecular flexibility index (Phi) is 7.68. The number of hydrogen-bond acceptors (Lipinski definition) is 3. The summed E-state index contributed by atoms with van der Waals surface area (Å²) in [4.78, 5) is 10.7. The fraction of sp³-hybridized carbons (Fsp3) is 0.526. The van der Waals surface area contributed by atoms with Gasteiger partial charge in [-0.05, 0) is 62.8 Å². The van der Waals surface area contributed by atoms with E-state index in [1.54, 1.807) is 12.1 Å². The van der Waals surface area contributed by atoms with Crippen LogP contribution in [0, 0.1) is 0 Å². The molecular weight excluding hydrogens is 374 g/mol. The average molecular weight is 400 g/mol. The minimum Gasteiger partial charge on any atom is -0.481 e. The number of unbranched alkanes of at least 4 members (excludes halogenated alkanes) is 1. The molecule has 5 nitrogen and oxygen atoms in total. The number of aliphatic carboxylic acids is 1. The van der Waals surface area contributed by atoms with Crippen LogP contribution in [0.4, 0.5) is 0 Å². The highest BCUT2D eigenvalue weighted by atomic mass is 35.5. The van der Waals surface area contributed by atoms with Crippen molar-refractivity contribution >= 4 is 27.6 Å². The Hall–Kier alpha value is -1.37. The number of halogens is 1. The van der Waals surface area contributed by atoms with Gasteiger partial charge in [-0.15, -0.1) is 0 Å². The van der Waals surface area contributed by atoms with Gasteiger partial charge in [-0.3, -0.25) is 4.79 Å². The number of allylic oxidation sites excluding steroid dienone is 2. The van der Waals surface area contributed by atoms with E-state index in [1.807, 2.05) is 12.2 Å². The van der Waals surface area contributed by atoms with E-state index in [-0.39, 0.29) is 11.3 Å². The van der Waals surface area contributed by atoms with E-state index in [2.05, 4.69) is 4.72 Å². The van der Waals surface area contributed by atoms with E-state index < -0.39 is 21.5 Å². The van der Waals surface area contributed by atoms with Gasteiger partial charge < -0.3 is 5.11 Å². The Morgan fingerprint density at radius 1 is 1.15 bits per heavy atom. The molecule has 0 aromatic heterocycles. The molecule has 0 amide bonds. The van der Waals surface area contributed by atoms with Gasteiger partial charge in [0.1, 0.15) is 0 Å². The molecule has 1 aliphatic rings. The van der Waals surface area contributed by atoms with Crippen molar-refractivity contribution in [3.05, 3.63) is 41.4 Å². The zero-order valence-electron chi connectivity index (χ0n) is 14.8. The molecule has 1 saturated carbocycles. The Bertz CT molecular complexity index is 722. The molecule has 0 radical (unpaired) electrons. The molecule has 1 aromatic carbocycles. The molecular formula is C19H26ClNO4S. The quantitative estimate of drug-likeness (QED) is 0.447. The first kappa shape index (κ1) is 20.9. The number of carboxylic acids is 1. The summed E-state index contributed by atoms with van der Waals surface area (Å²) < 4.78 is 28.4. The highest BCUT2D eigenvalue weighted by molar-refractivity contribution is 7.89. The fourth-order valence-electron chi connectivity index (χ4n) is 3.38. The second-order valence-electron chi connectivity index (χ2n) is 6.84. The predicted octanol–water partition coefficient (Wildman–Crippen LogP) is 4.52. The van der Waals surface area contributed by atoms with Gasteiger partial charge in [0.15, 0.2) is 0 Å². The number of carbonyl (C=O) groups is 1. The monoisotopic (exact) mass is 399 g/mol. The minimum atomic E-state index is -3.58. The van der Waals surface area contributed by atoms with Crippen molar-refractivity contribution in [1.82, 2.24) is 4.72 Å². The molecule has 0 spiro atoms. The summed E-state index contributed by atoms with van der Waals surface area (Å²) in [7, 11) is -3.58. The van der Waals surface area contributed by atoms with Crippen LogP contribution in [-0.4, -0.2) is 25.0 Å². The Labute approximate surface area is 160 Å². The molecule has 1 aliphatic carbocycles. The van der Waals surface area contributed by atoms with Crippen molar-refractivity contribution in [2.45, 2.75) is 68.2 Å². The molecule has 0 aliphatic heterocycles. The van der Waals surface area contributed by atoms with Crippen LogP contribution in [0.25, 0.3) is 0 Å². The molecule has 0 atom stereocenters. The molecule has 2 N–H and O–H groups in total. The summed E-state index contributed by atoms with van der Waals surface area (Å²) in [6.07, 6.45) is 10.8. The first-order valence-electron chi connectivity index (χ1n) is 8.99. The SMILES string of the molecule is O=C(O)CCC/C=C\CCC1(NS(=O)(=O)c2ccc(Cl)cc2)CCCC1. The summed E-state index contributed by atoms with van der Waals surface area (Å²) in [6, 6.07) is 6.21. The van der Waals surface area contributed by atoms with E-state index >= 15 is 0 Å². The third-order valence-corrected chi connectivity index (χ3v) is 6.60. The maximum Gasteiger partial charge on any atom is 0.303 e. The third kappa shape index (κ3) is 6.41. The van der Waals surface area contributed by atoms with Gasteiger partial charge in [-0.25, -0.2) is 13.1 Å². The summed E-state index contributed by atoms with van der Waals surface area (Å²) in [5.41, 5.74) is -0.399. The first-order chi connectivity index (χ1) is 12.3. The molecule has 26 heavy (non-hydrogen) atoms. The van der Waals surface area contributed by atoms with Gasteiger partial charge >= 0.3 is 5.97 Å². The molecule has 7 heteroatoms. The molecule has 0 heterocycles. The number of hydrogen-bond donors (Lipinski definition) is 2. The first-order valence-corrected chi connectivity index (χ1v) is 10.9. The lowest BCUT2D eigenvalue weighted by Gasteiger charge is -2.29. The highest BCUT2D eigenvalue weighted by Crippen LogP contribution is 2.35. The molecule has 2 rings (SSSR count). The second-order valence-corrected chi connectivity index (χ2v) is 8.96. The van der Waals surface area contributed by atoms with Crippen LogP contribution in [0.5, 0.6) is 0 Å².